The van der Waals surface area contributed by atoms with E-state index >= 15 is 0 Å². The van der Waals surface area contributed by atoms with E-state index in [1.54, 1.807) is 17.5 Å². The Kier molecular flexibility index (Phi) is 5.63. The predicted molar refractivity (Wildman–Crippen MR) is 104 cm³/mol. The van der Waals surface area contributed by atoms with Gasteiger partial charge in [-0.1, -0.05) is 42.5 Å². The molecule has 2 amide bonds. The van der Waals surface area contributed by atoms with Gasteiger partial charge in [0.1, 0.15) is 5.00 Å². The van der Waals surface area contributed by atoms with Gasteiger partial charge in [-0.3, -0.25) is 9.59 Å². The van der Waals surface area contributed by atoms with Crippen LogP contribution in [0.4, 0.5) is 5.00 Å². The number of carbonyl (C=O) groups is 3. The quantitative estimate of drug-likeness (QED) is 0.641. The highest BCUT2D eigenvalue weighted by atomic mass is 32.1. The van der Waals surface area contributed by atoms with Crippen LogP contribution in [0.25, 0.3) is 11.1 Å². The number of primary amides is 1. The second kappa shape index (κ2) is 8.29. The van der Waals surface area contributed by atoms with Crippen LogP contribution in [0.2, 0.25) is 0 Å². The zero-order valence-electron chi connectivity index (χ0n) is 14.2. The molecule has 0 unspecified atom stereocenters. The molecule has 2 aromatic carbocycles. The third-order valence-electron chi connectivity index (χ3n) is 3.75. The molecule has 6 nitrogen and oxygen atoms in total. The fourth-order valence-electron chi connectivity index (χ4n) is 2.41. The SMILES string of the molecule is NC(=O)c1ccsc1NC(=O)COC(=O)c1ccc(-c2ccccc2)cc1. The van der Waals surface area contributed by atoms with Crippen molar-refractivity contribution in [1.82, 2.24) is 0 Å². The third-order valence-corrected chi connectivity index (χ3v) is 4.58. The van der Waals surface area contributed by atoms with E-state index in [2.05, 4.69) is 5.32 Å². The summed E-state index contributed by atoms with van der Waals surface area (Å²) in [6.45, 7) is -0.463. The Morgan fingerprint density at radius 3 is 2.26 bits per heavy atom. The number of hydrogen-bond donors (Lipinski definition) is 2. The number of esters is 1. The van der Waals surface area contributed by atoms with Crippen LogP contribution in [0.15, 0.2) is 66.0 Å². The van der Waals surface area contributed by atoms with Crippen LogP contribution in [-0.4, -0.2) is 24.4 Å². The molecule has 0 radical (unpaired) electrons. The molecule has 0 aliphatic carbocycles. The van der Waals surface area contributed by atoms with Crippen molar-refractivity contribution in [3.8, 4) is 11.1 Å². The van der Waals surface area contributed by atoms with Crippen molar-refractivity contribution >= 4 is 34.1 Å². The van der Waals surface area contributed by atoms with Crippen LogP contribution in [0, 0.1) is 0 Å². The number of ether oxygens (including phenoxy) is 1. The lowest BCUT2D eigenvalue weighted by atomic mass is 10.0. The van der Waals surface area contributed by atoms with Crippen LogP contribution >= 0.6 is 11.3 Å². The fourth-order valence-corrected chi connectivity index (χ4v) is 3.22. The first-order valence-corrected chi connectivity index (χ1v) is 8.92. The summed E-state index contributed by atoms with van der Waals surface area (Å²) in [5.74, 6) is -1.79. The molecular formula is C20H16N2O4S. The van der Waals surface area contributed by atoms with Gasteiger partial charge < -0.3 is 15.8 Å². The van der Waals surface area contributed by atoms with Crippen molar-refractivity contribution in [1.29, 1.82) is 0 Å². The minimum absolute atomic E-state index is 0.219. The highest BCUT2D eigenvalue weighted by Crippen LogP contribution is 2.22. The minimum Gasteiger partial charge on any atom is -0.452 e. The van der Waals surface area contributed by atoms with Crippen molar-refractivity contribution in [2.45, 2.75) is 0 Å². The standard InChI is InChI=1S/C20H16N2O4S/c21-18(24)16-10-11-27-19(16)22-17(23)12-26-20(25)15-8-6-14(7-9-15)13-4-2-1-3-5-13/h1-11H,12H2,(H2,21,24)(H,22,23). The molecule has 3 aromatic rings. The lowest BCUT2D eigenvalue weighted by Crippen LogP contribution is -2.22. The number of rotatable bonds is 6. The number of carbonyl (C=O) groups excluding carboxylic acids is 3. The van der Waals surface area contributed by atoms with Gasteiger partial charge in [-0.2, -0.15) is 0 Å². The number of thiophene rings is 1. The van der Waals surface area contributed by atoms with Crippen LogP contribution in [0.5, 0.6) is 0 Å². The largest absolute Gasteiger partial charge is 0.452 e. The Morgan fingerprint density at radius 1 is 0.926 bits per heavy atom. The van der Waals surface area contributed by atoms with E-state index in [9.17, 15) is 14.4 Å². The first-order chi connectivity index (χ1) is 13.0. The molecule has 0 aliphatic heterocycles. The van der Waals surface area contributed by atoms with Crippen LogP contribution < -0.4 is 11.1 Å². The molecular weight excluding hydrogens is 364 g/mol. The summed E-state index contributed by atoms with van der Waals surface area (Å²) < 4.78 is 5.02. The van der Waals surface area contributed by atoms with Gasteiger partial charge in [0.2, 0.25) is 0 Å². The molecule has 27 heavy (non-hydrogen) atoms. The average Bonchev–Trinajstić information content (AvgIpc) is 3.15. The Balaban J connectivity index is 1.56. The van der Waals surface area contributed by atoms with Crippen molar-refractivity contribution in [2.24, 2.45) is 5.73 Å². The maximum Gasteiger partial charge on any atom is 0.338 e. The van der Waals surface area contributed by atoms with Gasteiger partial charge in [-0.25, -0.2) is 4.79 Å². The van der Waals surface area contributed by atoms with Gasteiger partial charge in [0, 0.05) is 0 Å². The summed E-state index contributed by atoms with van der Waals surface area (Å²) in [5.41, 5.74) is 7.79. The number of anilines is 1. The molecule has 0 atom stereocenters. The smallest absolute Gasteiger partial charge is 0.338 e. The van der Waals surface area contributed by atoms with Crippen LogP contribution in [0.1, 0.15) is 20.7 Å². The highest BCUT2D eigenvalue weighted by Gasteiger charge is 2.14. The summed E-state index contributed by atoms with van der Waals surface area (Å²) in [6.07, 6.45) is 0. The second-order valence-electron chi connectivity index (χ2n) is 5.60. The third kappa shape index (κ3) is 4.59. The second-order valence-corrected chi connectivity index (χ2v) is 6.51. The van der Waals surface area contributed by atoms with Crippen molar-refractivity contribution in [3.63, 3.8) is 0 Å². The number of hydrogen-bond acceptors (Lipinski definition) is 5. The zero-order chi connectivity index (χ0) is 19.2. The normalized spacial score (nSPS) is 10.2. The number of amides is 2. The molecule has 0 saturated carbocycles. The average molecular weight is 380 g/mol. The van der Waals surface area contributed by atoms with Gasteiger partial charge in [0.15, 0.2) is 6.61 Å². The summed E-state index contributed by atoms with van der Waals surface area (Å²) in [7, 11) is 0. The van der Waals surface area contributed by atoms with E-state index in [0.717, 1.165) is 22.5 Å². The Bertz CT molecular complexity index is 965. The summed E-state index contributed by atoms with van der Waals surface area (Å²) in [6, 6.07) is 18.2. The highest BCUT2D eigenvalue weighted by molar-refractivity contribution is 7.14. The Labute approximate surface area is 159 Å². The molecule has 1 aromatic heterocycles. The fraction of sp³-hybridized carbons (Fsp3) is 0.0500. The minimum atomic E-state index is -0.637. The maximum atomic E-state index is 12.1. The van der Waals surface area contributed by atoms with Crippen molar-refractivity contribution in [3.05, 3.63) is 77.2 Å². The topological polar surface area (TPSA) is 98.5 Å². The van der Waals surface area contributed by atoms with E-state index in [1.807, 2.05) is 42.5 Å². The molecule has 0 fully saturated rings. The van der Waals surface area contributed by atoms with Gasteiger partial charge in [0.25, 0.3) is 11.8 Å². The molecule has 0 bridgehead atoms. The molecule has 0 spiro atoms. The van der Waals surface area contributed by atoms with Gasteiger partial charge in [-0.15, -0.1) is 11.3 Å². The van der Waals surface area contributed by atoms with Crippen LogP contribution in [-0.2, 0) is 9.53 Å². The molecule has 3 N–H and O–H groups in total. The van der Waals surface area contributed by atoms with Crippen molar-refractivity contribution in [2.75, 3.05) is 11.9 Å². The monoisotopic (exact) mass is 380 g/mol. The van der Waals surface area contributed by atoms with Crippen molar-refractivity contribution < 1.29 is 19.1 Å². The lowest BCUT2D eigenvalue weighted by Gasteiger charge is -2.07. The first kappa shape index (κ1) is 18.3. The van der Waals surface area contributed by atoms with E-state index in [-0.39, 0.29) is 5.56 Å². The summed E-state index contributed by atoms with van der Waals surface area (Å²) in [5, 5.41) is 4.48. The van der Waals surface area contributed by atoms with E-state index in [4.69, 9.17) is 10.5 Å². The van der Waals surface area contributed by atoms with Gasteiger partial charge >= 0.3 is 5.97 Å². The Morgan fingerprint density at radius 2 is 1.59 bits per heavy atom. The van der Waals surface area contributed by atoms with Gasteiger partial charge in [-0.05, 0) is 34.7 Å². The molecule has 0 saturated heterocycles. The molecule has 1 heterocycles. The Hall–Kier alpha value is -3.45. The van der Waals surface area contributed by atoms with Gasteiger partial charge in [0.05, 0.1) is 11.1 Å². The van der Waals surface area contributed by atoms with Crippen LogP contribution in [0.3, 0.4) is 0 Å². The summed E-state index contributed by atoms with van der Waals surface area (Å²) in [4.78, 5) is 35.3. The molecule has 7 heteroatoms. The first-order valence-electron chi connectivity index (χ1n) is 8.04. The van der Waals surface area contributed by atoms with E-state index in [0.29, 0.717) is 10.6 Å². The maximum absolute atomic E-state index is 12.1. The van der Waals surface area contributed by atoms with E-state index in [1.165, 1.54) is 6.07 Å². The lowest BCUT2D eigenvalue weighted by molar-refractivity contribution is -0.119. The number of benzene rings is 2. The number of nitrogens with two attached hydrogens (primary N) is 1. The predicted octanol–water partition coefficient (Wildman–Crippen LogP) is 3.31. The number of nitrogens with one attached hydrogen (secondary N) is 1. The summed E-state index contributed by atoms with van der Waals surface area (Å²) >= 11 is 1.16. The molecule has 136 valence electrons. The molecule has 0 aliphatic rings. The molecule has 3 rings (SSSR count). The van der Waals surface area contributed by atoms with E-state index < -0.39 is 24.4 Å². The zero-order valence-corrected chi connectivity index (χ0v) is 15.0.